The van der Waals surface area contributed by atoms with Crippen molar-refractivity contribution >= 4 is 12.4 Å². The molecule has 1 fully saturated rings. The van der Waals surface area contributed by atoms with E-state index in [-0.39, 0.29) is 17.7 Å². The number of carbonyl (C=O) groups excluding carboxylic acids is 2. The van der Waals surface area contributed by atoms with Crippen LogP contribution in [0, 0.1) is 11.8 Å². The lowest BCUT2D eigenvalue weighted by molar-refractivity contribution is -0.162. The van der Waals surface area contributed by atoms with Crippen LogP contribution in [0.5, 0.6) is 0 Å². The van der Waals surface area contributed by atoms with Crippen LogP contribution in [0.4, 0.5) is 0 Å². The first kappa shape index (κ1) is 8.04. The fraction of sp³-hybridized carbons (Fsp3) is 0.714. The standard InChI is InChI=1S/C7H11NO3/c1-4(2)5-6(10)8-7(5)11-3-9/h3-5,7H,1-2H3,(H,8,10)/t5-,7-/m0/s1. The Hall–Kier alpha value is -1.06. The van der Waals surface area contributed by atoms with E-state index in [9.17, 15) is 9.59 Å². The highest BCUT2D eigenvalue weighted by atomic mass is 16.5. The number of amides is 1. The molecule has 0 spiro atoms. The van der Waals surface area contributed by atoms with Gasteiger partial charge in [-0.1, -0.05) is 13.8 Å². The second kappa shape index (κ2) is 2.90. The smallest absolute Gasteiger partial charge is 0.295 e. The third kappa shape index (κ3) is 1.34. The van der Waals surface area contributed by atoms with Gasteiger partial charge in [0.1, 0.15) is 0 Å². The summed E-state index contributed by atoms with van der Waals surface area (Å²) in [5.41, 5.74) is 0. The van der Waals surface area contributed by atoms with Gasteiger partial charge in [0, 0.05) is 0 Å². The predicted octanol–water partition coefficient (Wildman–Crippen LogP) is -0.113. The van der Waals surface area contributed by atoms with E-state index in [1.807, 2.05) is 13.8 Å². The van der Waals surface area contributed by atoms with Gasteiger partial charge in [-0.05, 0) is 5.92 Å². The van der Waals surface area contributed by atoms with Crippen molar-refractivity contribution in [3.8, 4) is 0 Å². The summed E-state index contributed by atoms with van der Waals surface area (Å²) in [6, 6.07) is 0. The van der Waals surface area contributed by atoms with Crippen molar-refractivity contribution in [1.82, 2.24) is 5.32 Å². The Morgan fingerprint density at radius 1 is 1.64 bits per heavy atom. The van der Waals surface area contributed by atoms with Gasteiger partial charge in [-0.15, -0.1) is 0 Å². The molecule has 0 bridgehead atoms. The van der Waals surface area contributed by atoms with Crippen LogP contribution in [-0.4, -0.2) is 18.6 Å². The summed E-state index contributed by atoms with van der Waals surface area (Å²) in [4.78, 5) is 20.8. The summed E-state index contributed by atoms with van der Waals surface area (Å²) >= 11 is 0. The van der Waals surface area contributed by atoms with Gasteiger partial charge in [0.05, 0.1) is 5.92 Å². The molecule has 0 aromatic heterocycles. The monoisotopic (exact) mass is 157 g/mol. The van der Waals surface area contributed by atoms with Crippen molar-refractivity contribution in [1.29, 1.82) is 0 Å². The third-order valence-corrected chi connectivity index (χ3v) is 1.83. The van der Waals surface area contributed by atoms with Gasteiger partial charge in [-0.25, -0.2) is 0 Å². The van der Waals surface area contributed by atoms with Crippen LogP contribution in [0.15, 0.2) is 0 Å². The summed E-state index contributed by atoms with van der Waals surface area (Å²) in [5, 5.41) is 2.48. The van der Waals surface area contributed by atoms with E-state index in [1.165, 1.54) is 0 Å². The molecule has 0 unspecified atom stereocenters. The summed E-state index contributed by atoms with van der Waals surface area (Å²) in [6.45, 7) is 4.20. The van der Waals surface area contributed by atoms with Crippen molar-refractivity contribution in [2.75, 3.05) is 0 Å². The lowest BCUT2D eigenvalue weighted by Crippen LogP contribution is -2.61. The maximum atomic E-state index is 10.9. The predicted molar refractivity (Wildman–Crippen MR) is 37.4 cm³/mol. The Morgan fingerprint density at radius 2 is 2.27 bits per heavy atom. The minimum atomic E-state index is -0.403. The average Bonchev–Trinajstić information content (AvgIpc) is 1.85. The molecule has 0 radical (unpaired) electrons. The Kier molecular flexibility index (Phi) is 2.12. The highest BCUT2D eigenvalue weighted by Gasteiger charge is 2.42. The van der Waals surface area contributed by atoms with Crippen LogP contribution in [0.25, 0.3) is 0 Å². The van der Waals surface area contributed by atoms with Gasteiger partial charge in [-0.3, -0.25) is 9.59 Å². The van der Waals surface area contributed by atoms with Crippen LogP contribution >= 0.6 is 0 Å². The average molecular weight is 157 g/mol. The van der Waals surface area contributed by atoms with Crippen molar-refractivity contribution in [2.24, 2.45) is 11.8 Å². The molecule has 0 aliphatic carbocycles. The van der Waals surface area contributed by atoms with Crippen molar-refractivity contribution in [3.63, 3.8) is 0 Å². The van der Waals surface area contributed by atoms with Gasteiger partial charge in [0.25, 0.3) is 6.47 Å². The van der Waals surface area contributed by atoms with E-state index >= 15 is 0 Å². The highest BCUT2D eigenvalue weighted by molar-refractivity contribution is 5.85. The summed E-state index contributed by atoms with van der Waals surface area (Å²) in [5.74, 6) is 0.0146. The summed E-state index contributed by atoms with van der Waals surface area (Å²) in [6.07, 6.45) is -0.403. The van der Waals surface area contributed by atoms with E-state index in [0.717, 1.165) is 0 Å². The summed E-state index contributed by atoms with van der Waals surface area (Å²) in [7, 11) is 0. The molecule has 0 aromatic rings. The van der Waals surface area contributed by atoms with E-state index in [1.54, 1.807) is 0 Å². The quantitative estimate of drug-likeness (QED) is 0.459. The Labute approximate surface area is 64.9 Å². The van der Waals surface area contributed by atoms with Crippen molar-refractivity contribution in [2.45, 2.75) is 20.1 Å². The lowest BCUT2D eigenvalue weighted by Gasteiger charge is -2.37. The van der Waals surface area contributed by atoms with Crippen LogP contribution in [0.3, 0.4) is 0 Å². The Morgan fingerprint density at radius 3 is 2.64 bits per heavy atom. The maximum Gasteiger partial charge on any atom is 0.295 e. The van der Waals surface area contributed by atoms with Gasteiger partial charge >= 0.3 is 0 Å². The first-order valence-electron chi connectivity index (χ1n) is 3.56. The fourth-order valence-corrected chi connectivity index (χ4v) is 1.20. The zero-order valence-corrected chi connectivity index (χ0v) is 6.53. The van der Waals surface area contributed by atoms with Crippen molar-refractivity contribution in [3.05, 3.63) is 0 Å². The number of hydrogen-bond acceptors (Lipinski definition) is 3. The normalized spacial score (nSPS) is 29.2. The molecule has 0 aromatic carbocycles. The first-order valence-corrected chi connectivity index (χ1v) is 3.56. The van der Waals surface area contributed by atoms with E-state index in [0.29, 0.717) is 6.47 Å². The van der Waals surface area contributed by atoms with E-state index in [2.05, 4.69) is 10.1 Å². The van der Waals surface area contributed by atoms with Gasteiger partial charge in [0.2, 0.25) is 5.91 Å². The maximum absolute atomic E-state index is 10.9. The van der Waals surface area contributed by atoms with Gasteiger partial charge in [0.15, 0.2) is 6.23 Å². The second-order valence-corrected chi connectivity index (χ2v) is 2.93. The van der Waals surface area contributed by atoms with Crippen LogP contribution in [0.2, 0.25) is 0 Å². The summed E-state index contributed by atoms with van der Waals surface area (Å²) < 4.78 is 4.61. The molecule has 1 aliphatic heterocycles. The fourth-order valence-electron chi connectivity index (χ4n) is 1.20. The number of hydrogen-bond donors (Lipinski definition) is 1. The number of β-lactam (4-membered cyclic amide) rings is 1. The Balaban J connectivity index is 2.47. The molecule has 1 heterocycles. The van der Waals surface area contributed by atoms with Crippen molar-refractivity contribution < 1.29 is 14.3 Å². The Bertz CT molecular complexity index is 177. The third-order valence-electron chi connectivity index (χ3n) is 1.83. The molecule has 1 N–H and O–H groups in total. The zero-order chi connectivity index (χ0) is 8.43. The molecule has 4 heteroatoms. The molecule has 0 saturated carbocycles. The minimum Gasteiger partial charge on any atom is -0.443 e. The van der Waals surface area contributed by atoms with Crippen LogP contribution < -0.4 is 5.32 Å². The largest absolute Gasteiger partial charge is 0.443 e. The zero-order valence-electron chi connectivity index (χ0n) is 6.53. The number of nitrogens with one attached hydrogen (secondary N) is 1. The SMILES string of the molecule is CC(C)[C@H]1C(=O)N[C@H]1OC=O. The highest BCUT2D eigenvalue weighted by Crippen LogP contribution is 2.23. The topological polar surface area (TPSA) is 55.4 Å². The molecule has 1 aliphatic rings. The molecule has 1 saturated heterocycles. The van der Waals surface area contributed by atoms with Gasteiger partial charge in [-0.2, -0.15) is 0 Å². The van der Waals surface area contributed by atoms with E-state index in [4.69, 9.17) is 0 Å². The lowest BCUT2D eigenvalue weighted by atomic mass is 9.87. The van der Waals surface area contributed by atoms with E-state index < -0.39 is 6.23 Å². The second-order valence-electron chi connectivity index (χ2n) is 2.93. The first-order chi connectivity index (χ1) is 5.16. The molecular weight excluding hydrogens is 146 g/mol. The molecular formula is C7H11NO3. The molecule has 62 valence electrons. The molecule has 1 rings (SSSR count). The van der Waals surface area contributed by atoms with Crippen LogP contribution in [0.1, 0.15) is 13.8 Å². The molecule has 1 amide bonds. The number of carbonyl (C=O) groups is 2. The number of rotatable bonds is 3. The molecule has 2 atom stereocenters. The number of ether oxygens (including phenoxy) is 1. The molecule has 11 heavy (non-hydrogen) atoms. The van der Waals surface area contributed by atoms with Gasteiger partial charge < -0.3 is 10.1 Å². The van der Waals surface area contributed by atoms with Crippen LogP contribution in [-0.2, 0) is 14.3 Å². The molecule has 4 nitrogen and oxygen atoms in total. The minimum absolute atomic E-state index is 0.0353.